The lowest BCUT2D eigenvalue weighted by Crippen LogP contribution is -2.47. The van der Waals surface area contributed by atoms with Crippen molar-refractivity contribution in [1.29, 1.82) is 0 Å². The molecule has 2 atom stereocenters. The minimum Gasteiger partial charge on any atom is -0.379 e. The van der Waals surface area contributed by atoms with E-state index in [1.165, 1.54) is 6.42 Å². The number of ether oxygens (including phenoxy) is 1. The summed E-state index contributed by atoms with van der Waals surface area (Å²) in [6.07, 6.45) is 1.70. The Morgan fingerprint density at radius 3 is 2.40 bits per heavy atom. The molecule has 1 saturated heterocycles. The quantitative estimate of drug-likeness (QED) is 0.696. The Bertz CT molecular complexity index is 321. The van der Waals surface area contributed by atoms with Gasteiger partial charge in [-0.15, -0.1) is 0 Å². The maximum absolute atomic E-state index is 5.71. The van der Waals surface area contributed by atoms with Crippen molar-refractivity contribution in [2.45, 2.75) is 38.1 Å². The van der Waals surface area contributed by atoms with Crippen LogP contribution in [0.2, 0.25) is 18.6 Å². The molecule has 1 fully saturated rings. The normalized spacial score (nSPS) is 26.9. The lowest BCUT2D eigenvalue weighted by atomic mass is 10.2. The second kappa shape index (κ2) is 4.10. The SMILES string of the molecule is C[C@@H]1OCC[C@H]1[Si](C)(C)c1ccccc1. The molecule has 0 amide bonds. The molecular weight excluding hydrogens is 200 g/mol. The van der Waals surface area contributed by atoms with Crippen molar-refractivity contribution >= 4 is 13.3 Å². The van der Waals surface area contributed by atoms with Gasteiger partial charge >= 0.3 is 0 Å². The van der Waals surface area contributed by atoms with Crippen LogP contribution in [0.15, 0.2) is 30.3 Å². The molecule has 1 nitrogen and oxygen atoms in total. The average Bonchev–Trinajstić information content (AvgIpc) is 2.66. The van der Waals surface area contributed by atoms with Crippen LogP contribution < -0.4 is 5.19 Å². The van der Waals surface area contributed by atoms with Crippen LogP contribution in [0.4, 0.5) is 0 Å². The summed E-state index contributed by atoms with van der Waals surface area (Å²) in [7, 11) is -1.33. The predicted octanol–water partition coefficient (Wildman–Crippen LogP) is 2.78. The van der Waals surface area contributed by atoms with Gasteiger partial charge in [0.1, 0.15) is 0 Å². The highest BCUT2D eigenvalue weighted by atomic mass is 28.3. The molecule has 0 saturated carbocycles. The van der Waals surface area contributed by atoms with E-state index in [-0.39, 0.29) is 0 Å². The Morgan fingerprint density at radius 2 is 1.87 bits per heavy atom. The molecule has 2 rings (SSSR count). The van der Waals surface area contributed by atoms with Crippen LogP contribution in [0, 0.1) is 0 Å². The Balaban J connectivity index is 2.26. The summed E-state index contributed by atoms with van der Waals surface area (Å²) in [4.78, 5) is 0. The lowest BCUT2D eigenvalue weighted by molar-refractivity contribution is 0.125. The molecule has 0 N–H and O–H groups in total. The third kappa shape index (κ3) is 2.01. The Kier molecular flexibility index (Phi) is 2.98. The van der Waals surface area contributed by atoms with E-state index in [9.17, 15) is 0 Å². The first kappa shape index (κ1) is 10.9. The van der Waals surface area contributed by atoms with E-state index in [0.717, 1.165) is 12.1 Å². The van der Waals surface area contributed by atoms with E-state index in [1.807, 2.05) is 0 Å². The molecule has 0 aliphatic carbocycles. The van der Waals surface area contributed by atoms with Gasteiger partial charge in [0.05, 0.1) is 14.2 Å². The molecule has 1 aliphatic rings. The standard InChI is InChI=1S/C13H20OSi/c1-11-13(9-10-14-11)15(2,3)12-7-5-4-6-8-12/h4-8,11,13H,9-10H2,1-3H3/t11-,13+/m0/s1. The third-order valence-electron chi connectivity index (χ3n) is 3.82. The molecule has 0 spiro atoms. The van der Waals surface area contributed by atoms with Crippen LogP contribution in [0.1, 0.15) is 13.3 Å². The van der Waals surface area contributed by atoms with Gasteiger partial charge in [-0.1, -0.05) is 48.6 Å². The molecule has 1 aliphatic heterocycles. The van der Waals surface area contributed by atoms with Gasteiger partial charge in [-0.05, 0) is 18.9 Å². The Hall–Kier alpha value is -0.603. The minimum absolute atomic E-state index is 0.451. The molecule has 1 aromatic carbocycles. The fourth-order valence-corrected chi connectivity index (χ4v) is 6.35. The van der Waals surface area contributed by atoms with E-state index < -0.39 is 8.07 Å². The second-order valence-electron chi connectivity index (χ2n) is 5.06. The highest BCUT2D eigenvalue weighted by Crippen LogP contribution is 2.35. The van der Waals surface area contributed by atoms with Crippen LogP contribution >= 0.6 is 0 Å². The van der Waals surface area contributed by atoms with Gasteiger partial charge in [0.2, 0.25) is 0 Å². The van der Waals surface area contributed by atoms with Crippen LogP contribution in [0.5, 0.6) is 0 Å². The molecule has 0 bridgehead atoms. The summed E-state index contributed by atoms with van der Waals surface area (Å²) in [6, 6.07) is 11.0. The van der Waals surface area contributed by atoms with Crippen LogP contribution in [0.25, 0.3) is 0 Å². The van der Waals surface area contributed by atoms with Crippen LogP contribution in [-0.4, -0.2) is 20.8 Å². The lowest BCUT2D eigenvalue weighted by Gasteiger charge is -2.32. The molecule has 0 radical (unpaired) electrons. The van der Waals surface area contributed by atoms with Crippen molar-refractivity contribution in [1.82, 2.24) is 0 Å². The molecule has 1 aromatic rings. The maximum atomic E-state index is 5.71. The zero-order valence-electron chi connectivity index (χ0n) is 9.86. The summed E-state index contributed by atoms with van der Waals surface area (Å²) < 4.78 is 5.71. The first-order chi connectivity index (χ1) is 7.12. The molecule has 2 heteroatoms. The highest BCUT2D eigenvalue weighted by Gasteiger charge is 2.40. The number of rotatable bonds is 2. The smallest absolute Gasteiger partial charge is 0.0863 e. The number of hydrogen-bond acceptors (Lipinski definition) is 1. The number of hydrogen-bond donors (Lipinski definition) is 0. The zero-order valence-corrected chi connectivity index (χ0v) is 10.9. The number of benzene rings is 1. The van der Waals surface area contributed by atoms with Crippen molar-refractivity contribution in [3.05, 3.63) is 30.3 Å². The molecule has 1 heterocycles. The van der Waals surface area contributed by atoms with Crippen molar-refractivity contribution in [2.75, 3.05) is 6.61 Å². The third-order valence-corrected chi connectivity index (χ3v) is 8.25. The van der Waals surface area contributed by atoms with Gasteiger partial charge in [-0.2, -0.15) is 0 Å². The summed E-state index contributed by atoms with van der Waals surface area (Å²) in [6.45, 7) is 8.13. The van der Waals surface area contributed by atoms with Crippen LogP contribution in [0.3, 0.4) is 0 Å². The fraction of sp³-hybridized carbons (Fsp3) is 0.538. The molecule has 82 valence electrons. The topological polar surface area (TPSA) is 9.23 Å². The van der Waals surface area contributed by atoms with Crippen molar-refractivity contribution in [3.8, 4) is 0 Å². The van der Waals surface area contributed by atoms with Gasteiger partial charge in [-0.25, -0.2) is 0 Å². The first-order valence-electron chi connectivity index (χ1n) is 5.79. The Morgan fingerprint density at radius 1 is 1.20 bits per heavy atom. The highest BCUT2D eigenvalue weighted by molar-refractivity contribution is 6.91. The summed E-state index contributed by atoms with van der Waals surface area (Å²) in [5, 5.41) is 1.56. The molecule has 0 aromatic heterocycles. The predicted molar refractivity (Wildman–Crippen MR) is 67.3 cm³/mol. The van der Waals surface area contributed by atoms with Gasteiger partial charge in [0.25, 0.3) is 0 Å². The maximum Gasteiger partial charge on any atom is 0.0863 e. The summed E-state index contributed by atoms with van der Waals surface area (Å²) in [5.74, 6) is 0. The van der Waals surface area contributed by atoms with Crippen molar-refractivity contribution in [2.24, 2.45) is 0 Å². The molecular formula is C13H20OSi. The minimum atomic E-state index is -1.33. The van der Waals surface area contributed by atoms with Crippen LogP contribution in [-0.2, 0) is 4.74 Å². The summed E-state index contributed by atoms with van der Waals surface area (Å²) >= 11 is 0. The fourth-order valence-electron chi connectivity index (χ4n) is 2.76. The van der Waals surface area contributed by atoms with Gasteiger partial charge < -0.3 is 4.74 Å². The largest absolute Gasteiger partial charge is 0.379 e. The van der Waals surface area contributed by atoms with Crippen molar-refractivity contribution in [3.63, 3.8) is 0 Å². The van der Waals surface area contributed by atoms with E-state index in [0.29, 0.717) is 6.10 Å². The van der Waals surface area contributed by atoms with Gasteiger partial charge in [0, 0.05) is 6.61 Å². The second-order valence-corrected chi connectivity index (χ2v) is 9.82. The van der Waals surface area contributed by atoms with E-state index >= 15 is 0 Å². The molecule has 0 unspecified atom stereocenters. The van der Waals surface area contributed by atoms with Gasteiger partial charge in [0.15, 0.2) is 0 Å². The summed E-state index contributed by atoms with van der Waals surface area (Å²) in [5.41, 5.74) is 0.778. The van der Waals surface area contributed by atoms with E-state index in [2.05, 4.69) is 50.3 Å². The zero-order chi connectivity index (χ0) is 10.9. The first-order valence-corrected chi connectivity index (χ1v) is 8.87. The molecule has 15 heavy (non-hydrogen) atoms. The Labute approximate surface area is 93.5 Å². The van der Waals surface area contributed by atoms with E-state index in [4.69, 9.17) is 4.74 Å². The monoisotopic (exact) mass is 220 g/mol. The average molecular weight is 220 g/mol. The van der Waals surface area contributed by atoms with Gasteiger partial charge in [-0.3, -0.25) is 0 Å². The van der Waals surface area contributed by atoms with E-state index in [1.54, 1.807) is 5.19 Å². The van der Waals surface area contributed by atoms with Crippen molar-refractivity contribution < 1.29 is 4.74 Å².